The third-order valence-electron chi connectivity index (χ3n) is 10.5. The molecule has 1 saturated heterocycles. The van der Waals surface area contributed by atoms with Crippen LogP contribution in [0.5, 0.6) is 0 Å². The predicted octanol–water partition coefficient (Wildman–Crippen LogP) is 6.85. The molecule has 3 aromatic rings. The Kier molecular flexibility index (Phi) is 20.0. The fourth-order valence-electron chi connectivity index (χ4n) is 7.11. The fraction of sp³-hybridized carbons (Fsp3) is 0.659. The van der Waals surface area contributed by atoms with Crippen molar-refractivity contribution in [3.63, 3.8) is 0 Å². The standard InChI is InChI=1S/C41H62N5O11P/c1-2-3-4-5-6-7-8-9-10-11-12-13-14-15-16-19-24-53-26-32(54-25-31-20-17-18-21-33(31)40(49)50)27-55-58(51,52)56-28-35-37(47)38(48)41(29-42,57-35)36-23-22-34-39(43)44-30-45-46(34)36/h17-18,20-23,30,32,35,37-38,47-48H,2-16,19,24-28H2,1H3,(H,49,50)(H,51,52)(H2,43,44,45)/t32-,35-,37-,38-,41+/m1/s1. The van der Waals surface area contributed by atoms with E-state index in [2.05, 4.69) is 17.0 Å². The molecule has 2 aromatic heterocycles. The molecular weight excluding hydrogens is 769 g/mol. The Morgan fingerprint density at radius 3 is 2.19 bits per heavy atom. The summed E-state index contributed by atoms with van der Waals surface area (Å²) in [5.74, 6) is -1.01. The van der Waals surface area contributed by atoms with Crippen LogP contribution in [-0.4, -0.2) is 91.6 Å². The van der Waals surface area contributed by atoms with Crippen LogP contribution in [0.25, 0.3) is 5.52 Å². The molecule has 58 heavy (non-hydrogen) atoms. The van der Waals surface area contributed by atoms with E-state index in [1.807, 2.05) is 6.07 Å². The SMILES string of the molecule is CCCCCCCCCCCCCCCCCCOC[C@H](COP(=O)(O)OC[C@H]1O[C@@](C#N)(c2ccc3c(N)ncnn23)[C@H](O)[C@@H]1O)OCc1ccccc1C(=O)O. The number of rotatable bonds is 30. The number of hydrogen-bond acceptors (Lipinski definition) is 13. The Morgan fingerprint density at radius 2 is 1.57 bits per heavy atom. The third kappa shape index (κ3) is 14.1. The van der Waals surface area contributed by atoms with Crippen molar-refractivity contribution in [3.05, 3.63) is 59.5 Å². The lowest BCUT2D eigenvalue weighted by molar-refractivity contribution is -0.0690. The first-order chi connectivity index (χ1) is 28.0. The molecule has 1 aliphatic rings. The Hall–Kier alpha value is -3.49. The van der Waals surface area contributed by atoms with Crippen LogP contribution in [-0.2, 0) is 40.0 Å². The first-order valence-corrected chi connectivity index (χ1v) is 22.2. The highest BCUT2D eigenvalue weighted by Gasteiger charge is 2.58. The monoisotopic (exact) mass is 831 g/mol. The lowest BCUT2D eigenvalue weighted by atomic mass is 9.92. The van der Waals surface area contributed by atoms with Gasteiger partial charge in [-0.05, 0) is 30.2 Å². The molecule has 0 saturated carbocycles. The number of phosphoric ester groups is 1. The summed E-state index contributed by atoms with van der Waals surface area (Å²) >= 11 is 0. The number of phosphoric acid groups is 1. The number of nitriles is 1. The number of hydrogen-bond donors (Lipinski definition) is 5. The van der Waals surface area contributed by atoms with Crippen LogP contribution < -0.4 is 5.73 Å². The van der Waals surface area contributed by atoms with Gasteiger partial charge in [0.25, 0.3) is 0 Å². The minimum Gasteiger partial charge on any atom is -0.478 e. The third-order valence-corrected chi connectivity index (χ3v) is 11.4. The van der Waals surface area contributed by atoms with Crippen molar-refractivity contribution in [1.82, 2.24) is 14.6 Å². The molecule has 6 atom stereocenters. The quantitative estimate of drug-likeness (QED) is 0.0341. The largest absolute Gasteiger partial charge is 0.478 e. The molecule has 1 unspecified atom stereocenters. The van der Waals surface area contributed by atoms with Gasteiger partial charge in [0.15, 0.2) is 5.82 Å². The van der Waals surface area contributed by atoms with E-state index in [-0.39, 0.29) is 30.3 Å². The average molecular weight is 832 g/mol. The molecular formula is C41H62N5O11P. The van der Waals surface area contributed by atoms with Crippen molar-refractivity contribution < 1.29 is 52.8 Å². The smallest absolute Gasteiger partial charge is 0.472 e. The number of unbranched alkanes of at least 4 members (excludes halogenated alkanes) is 15. The first kappa shape index (κ1) is 47.2. The fourth-order valence-corrected chi connectivity index (χ4v) is 7.87. The molecule has 3 heterocycles. The average Bonchev–Trinajstić information content (AvgIpc) is 3.76. The van der Waals surface area contributed by atoms with Crippen molar-refractivity contribution in [3.8, 4) is 6.07 Å². The zero-order valence-corrected chi connectivity index (χ0v) is 34.6. The van der Waals surface area contributed by atoms with Crippen molar-refractivity contribution in [2.24, 2.45) is 0 Å². The second kappa shape index (κ2) is 24.6. The van der Waals surface area contributed by atoms with Crippen molar-refractivity contribution in [2.45, 2.75) is 146 Å². The zero-order valence-electron chi connectivity index (χ0n) is 33.7. The summed E-state index contributed by atoms with van der Waals surface area (Å²) in [7, 11) is -4.83. The number of nitrogens with two attached hydrogens (primary N) is 1. The molecule has 1 fully saturated rings. The summed E-state index contributed by atoms with van der Waals surface area (Å²) in [6, 6.07) is 11.2. The molecule has 6 N–H and O–H groups in total. The summed E-state index contributed by atoms with van der Waals surface area (Å²) in [4.78, 5) is 26.2. The van der Waals surface area contributed by atoms with Gasteiger partial charge in [-0.3, -0.25) is 9.05 Å². The van der Waals surface area contributed by atoms with Crippen LogP contribution in [0.4, 0.5) is 5.82 Å². The van der Waals surface area contributed by atoms with E-state index < -0.39 is 57.0 Å². The van der Waals surface area contributed by atoms with Crippen LogP contribution in [0, 0.1) is 11.3 Å². The maximum atomic E-state index is 13.0. The molecule has 0 spiro atoms. The van der Waals surface area contributed by atoms with Crippen LogP contribution in [0.3, 0.4) is 0 Å². The van der Waals surface area contributed by atoms with E-state index in [0.717, 1.165) is 25.6 Å². The number of carboxylic acid groups (broad SMARTS) is 1. The number of carboxylic acids is 1. The number of carbonyl (C=O) groups is 1. The number of benzene rings is 1. The highest BCUT2D eigenvalue weighted by Crippen LogP contribution is 2.46. The van der Waals surface area contributed by atoms with Gasteiger partial charge in [-0.15, -0.1) is 0 Å². The van der Waals surface area contributed by atoms with Crippen LogP contribution in [0.2, 0.25) is 0 Å². The Bertz CT molecular complexity index is 1770. The van der Waals surface area contributed by atoms with Gasteiger partial charge in [0.2, 0.25) is 5.60 Å². The molecule has 1 aliphatic heterocycles. The number of aromatic carboxylic acids is 1. The summed E-state index contributed by atoms with van der Waals surface area (Å²) in [5.41, 5.74) is 4.63. The lowest BCUT2D eigenvalue weighted by Gasteiger charge is -2.24. The number of fused-ring (bicyclic) bond motifs is 1. The van der Waals surface area contributed by atoms with Crippen molar-refractivity contribution >= 4 is 25.1 Å². The Balaban J connectivity index is 1.20. The summed E-state index contributed by atoms with van der Waals surface area (Å²) in [6.07, 6.45) is 15.4. The number of aliphatic hydroxyl groups is 2. The molecule has 16 nitrogen and oxygen atoms in total. The number of nitrogen functional groups attached to an aromatic ring is 1. The number of ether oxygens (including phenoxy) is 3. The van der Waals surface area contributed by atoms with Crippen LogP contribution in [0.15, 0.2) is 42.7 Å². The molecule has 0 aliphatic carbocycles. The van der Waals surface area contributed by atoms with Gasteiger partial charge in [-0.2, -0.15) is 10.4 Å². The number of aromatic nitrogens is 3. The van der Waals surface area contributed by atoms with Gasteiger partial charge >= 0.3 is 13.8 Å². The van der Waals surface area contributed by atoms with Gasteiger partial charge in [0.05, 0.1) is 37.7 Å². The molecule has 0 bridgehead atoms. The van der Waals surface area contributed by atoms with Crippen molar-refractivity contribution in [2.75, 3.05) is 32.2 Å². The molecule has 0 radical (unpaired) electrons. The van der Waals surface area contributed by atoms with E-state index in [4.69, 9.17) is 29.0 Å². The van der Waals surface area contributed by atoms with Gasteiger partial charge in [-0.25, -0.2) is 18.9 Å². The topological polar surface area (TPSA) is 241 Å². The minimum atomic E-state index is -4.83. The van der Waals surface area contributed by atoms with Gasteiger partial charge in [0.1, 0.15) is 42.3 Å². The Labute approximate surface area is 341 Å². The zero-order chi connectivity index (χ0) is 41.8. The molecule has 322 valence electrons. The Morgan fingerprint density at radius 1 is 0.948 bits per heavy atom. The predicted molar refractivity (Wildman–Crippen MR) is 216 cm³/mol. The summed E-state index contributed by atoms with van der Waals surface area (Å²) < 4.78 is 42.3. The second-order valence-corrected chi connectivity index (χ2v) is 16.4. The van der Waals surface area contributed by atoms with E-state index in [1.165, 1.54) is 106 Å². The molecule has 4 rings (SSSR count). The summed E-state index contributed by atoms with van der Waals surface area (Å²) in [5, 5.41) is 45.6. The molecule has 17 heteroatoms. The highest BCUT2D eigenvalue weighted by molar-refractivity contribution is 7.47. The van der Waals surface area contributed by atoms with E-state index >= 15 is 0 Å². The summed E-state index contributed by atoms with van der Waals surface area (Å²) in [6.45, 7) is 1.36. The maximum Gasteiger partial charge on any atom is 0.472 e. The van der Waals surface area contributed by atoms with Crippen LogP contribution >= 0.6 is 7.82 Å². The van der Waals surface area contributed by atoms with Gasteiger partial charge in [-0.1, -0.05) is 121 Å². The molecule has 1 aromatic carbocycles. The minimum absolute atomic E-state index is 0.00531. The van der Waals surface area contributed by atoms with Crippen molar-refractivity contribution in [1.29, 1.82) is 5.26 Å². The number of anilines is 1. The highest BCUT2D eigenvalue weighted by atomic mass is 31.2. The normalized spacial score (nSPS) is 20.9. The second-order valence-electron chi connectivity index (χ2n) is 14.9. The van der Waals surface area contributed by atoms with Gasteiger partial charge < -0.3 is 40.2 Å². The van der Waals surface area contributed by atoms with Crippen LogP contribution in [0.1, 0.15) is 131 Å². The lowest BCUT2D eigenvalue weighted by Crippen LogP contribution is -2.41. The molecule has 0 amide bonds. The number of aliphatic hydroxyl groups excluding tert-OH is 2. The number of nitrogens with zero attached hydrogens (tertiary/aromatic N) is 4. The van der Waals surface area contributed by atoms with Gasteiger partial charge in [0, 0.05) is 6.61 Å². The maximum absolute atomic E-state index is 13.0. The van der Waals surface area contributed by atoms with E-state index in [9.17, 15) is 34.8 Å². The van der Waals surface area contributed by atoms with E-state index in [0.29, 0.717) is 17.7 Å². The van der Waals surface area contributed by atoms with E-state index in [1.54, 1.807) is 18.2 Å². The first-order valence-electron chi connectivity index (χ1n) is 20.7.